The van der Waals surface area contributed by atoms with Gasteiger partial charge in [-0.3, -0.25) is 0 Å². The number of hydrogen-bond acceptors (Lipinski definition) is 4. The van der Waals surface area contributed by atoms with E-state index in [0.717, 1.165) is 5.56 Å². The Bertz CT molecular complexity index is 1190. The molecule has 2 aromatic rings. The van der Waals surface area contributed by atoms with Gasteiger partial charge in [0.2, 0.25) is 0 Å². The molecule has 1 heterocycles. The maximum atomic E-state index is 12.0. The van der Waals surface area contributed by atoms with Crippen LogP contribution in [0.1, 0.15) is 81.8 Å². The van der Waals surface area contributed by atoms with E-state index in [9.17, 15) is 8.42 Å². The van der Waals surface area contributed by atoms with Gasteiger partial charge in [-0.2, -0.15) is 0 Å². The largest absolute Gasteiger partial charge is 1.00 e. The van der Waals surface area contributed by atoms with Crippen molar-refractivity contribution < 1.29 is 55.8 Å². The van der Waals surface area contributed by atoms with Crippen molar-refractivity contribution in [1.82, 2.24) is 9.62 Å². The maximum Gasteiger partial charge on any atom is 0.0382 e. The minimum Gasteiger partial charge on any atom is -1.00 e. The number of nitrogens with zero attached hydrogens (tertiary/aromatic N) is 1. The summed E-state index contributed by atoms with van der Waals surface area (Å²) in [7, 11) is -0.379. The van der Waals surface area contributed by atoms with Crippen LogP contribution in [0, 0.1) is 26.2 Å². The van der Waals surface area contributed by atoms with Crippen LogP contribution >= 0.6 is 0 Å². The maximum absolute atomic E-state index is 12.0. The quantitative estimate of drug-likeness (QED) is 0.436. The first-order chi connectivity index (χ1) is 16.4. The third-order valence-corrected chi connectivity index (χ3v) is 8.82. The van der Waals surface area contributed by atoms with Gasteiger partial charge in [0, 0.05) is 11.6 Å². The molecule has 0 bridgehead atoms. The number of rotatable bonds is 6. The third kappa shape index (κ3) is 9.11. The smallest absolute Gasteiger partial charge is 0.0382 e. The Morgan fingerprint density at radius 2 is 1.55 bits per heavy atom. The Labute approximate surface area is 253 Å². The van der Waals surface area contributed by atoms with Crippen LogP contribution < -0.4 is 34.9 Å². The monoisotopic (exact) mass is 672 g/mol. The van der Waals surface area contributed by atoms with E-state index in [-0.39, 0.29) is 41.4 Å². The van der Waals surface area contributed by atoms with Crippen LogP contribution in [-0.4, -0.2) is 43.1 Å². The summed E-state index contributed by atoms with van der Waals surface area (Å²) in [6.07, 6.45) is 1.27. The molecule has 1 unspecified atom stereocenters. The van der Waals surface area contributed by atoms with Gasteiger partial charge in [0.1, 0.15) is 0 Å². The second kappa shape index (κ2) is 14.2. The summed E-state index contributed by atoms with van der Waals surface area (Å²) in [5.41, 5.74) is 7.03. The van der Waals surface area contributed by atoms with Crippen molar-refractivity contribution in [3.63, 3.8) is 0 Å². The molecule has 9 heteroatoms. The average molecular weight is 673 g/mol. The van der Waals surface area contributed by atoms with Gasteiger partial charge in [0.25, 0.3) is 0 Å². The molecule has 0 aromatic heterocycles. The molecule has 216 valence electrons. The van der Waals surface area contributed by atoms with Crippen LogP contribution in [0.4, 0.5) is 0 Å². The number of aryl methyl sites for hydroxylation is 3. The molecule has 5 nitrogen and oxygen atoms in total. The second-order valence-electron chi connectivity index (χ2n) is 11.7. The summed E-state index contributed by atoms with van der Waals surface area (Å²) in [4.78, 5) is 0.264. The van der Waals surface area contributed by atoms with Gasteiger partial charge in [-0.25, -0.2) is 0 Å². The molecule has 2 aromatic carbocycles. The molecule has 1 fully saturated rings. The summed E-state index contributed by atoms with van der Waals surface area (Å²) in [6.45, 7) is 19.9. The zero-order valence-corrected chi connectivity index (χ0v) is 28.6. The SMILES string of the molecule is CC(C)Oc1ccc(S(=O)(=O)N(C)C)cc1[CH]=[Ru+2].Cc1cc(C)c(C2NC(C)(C)CC2(C)C)c(C)c1.[Cl-].[Cl-]. The molecular formula is C29H44Cl2N2O3RuS. The van der Waals surface area contributed by atoms with Crippen LogP contribution in [-0.2, 0) is 27.9 Å². The molecule has 1 saturated heterocycles. The van der Waals surface area contributed by atoms with Crippen molar-refractivity contribution in [2.45, 2.75) is 91.3 Å². The van der Waals surface area contributed by atoms with Gasteiger partial charge in [0.05, 0.1) is 0 Å². The van der Waals surface area contributed by atoms with E-state index in [0.29, 0.717) is 17.2 Å². The molecule has 1 atom stereocenters. The number of ether oxygens (including phenoxy) is 1. The van der Waals surface area contributed by atoms with Crippen LogP contribution in [0.5, 0.6) is 5.75 Å². The van der Waals surface area contributed by atoms with E-state index >= 15 is 0 Å². The van der Waals surface area contributed by atoms with Gasteiger partial charge < -0.3 is 30.1 Å². The van der Waals surface area contributed by atoms with E-state index in [2.05, 4.69) is 83.8 Å². The Hall–Kier alpha value is -0.817. The molecule has 1 aliphatic heterocycles. The van der Waals surface area contributed by atoms with Crippen LogP contribution in [0.3, 0.4) is 0 Å². The minimum absolute atomic E-state index is 0. The normalized spacial score (nSPS) is 17.7. The van der Waals surface area contributed by atoms with Gasteiger partial charge >= 0.3 is 118 Å². The van der Waals surface area contributed by atoms with Crippen LogP contribution in [0.15, 0.2) is 35.2 Å². The van der Waals surface area contributed by atoms with Gasteiger partial charge in [-0.1, -0.05) is 31.5 Å². The molecule has 1 N–H and O–H groups in total. The fourth-order valence-electron chi connectivity index (χ4n) is 5.33. The molecule has 0 amide bonds. The number of hydrogen-bond donors (Lipinski definition) is 1. The van der Waals surface area contributed by atoms with E-state index < -0.39 is 10.0 Å². The number of halogens is 2. The van der Waals surface area contributed by atoms with E-state index in [1.165, 1.54) is 47.1 Å². The van der Waals surface area contributed by atoms with Crippen molar-refractivity contribution in [2.75, 3.05) is 14.1 Å². The Balaban J connectivity index is 0.000000684. The Kier molecular flexibility index (Phi) is 13.9. The Morgan fingerprint density at radius 1 is 1.03 bits per heavy atom. The Morgan fingerprint density at radius 3 is 1.95 bits per heavy atom. The topological polar surface area (TPSA) is 58.6 Å². The standard InChI is InChI=1S/C17H27N.C12H17NO3S.2ClH.Ru/c1-11-8-12(2)14(13(3)9-11)15-16(4,5)10-17(6,7)18-15;1-9(2)16-12-7-6-11(8-10(12)3)17(14,15)13(4)5;;;/h8-9,15,18H,10H2,1-7H3;3,6-9H,1-2,4-5H3;2*1H;/q;;;;+2/p-2. The van der Waals surface area contributed by atoms with Crippen molar-refractivity contribution >= 4 is 14.6 Å². The first kappa shape index (κ1) is 37.2. The van der Waals surface area contributed by atoms with Gasteiger partial charge in [0.15, 0.2) is 0 Å². The zero-order valence-electron chi connectivity index (χ0n) is 24.5. The van der Waals surface area contributed by atoms with Crippen LogP contribution in [0.25, 0.3) is 0 Å². The molecule has 3 rings (SSSR count). The summed E-state index contributed by atoms with van der Waals surface area (Å²) in [6, 6.07) is 9.95. The van der Waals surface area contributed by atoms with Crippen molar-refractivity contribution in [3.8, 4) is 5.75 Å². The summed E-state index contributed by atoms with van der Waals surface area (Å²) >= 11 is 2.37. The molecular weight excluding hydrogens is 628 g/mol. The third-order valence-electron chi connectivity index (χ3n) is 6.47. The number of nitrogens with one attached hydrogen (secondary N) is 1. The molecule has 38 heavy (non-hydrogen) atoms. The summed E-state index contributed by atoms with van der Waals surface area (Å²) in [5, 5.41) is 3.84. The number of benzene rings is 2. The van der Waals surface area contributed by atoms with Gasteiger partial charge in [-0.05, 0) is 63.1 Å². The van der Waals surface area contributed by atoms with Crippen LogP contribution in [0.2, 0.25) is 0 Å². The fraction of sp³-hybridized carbons (Fsp3) is 0.552. The minimum atomic E-state index is -3.40. The fourth-order valence-corrected chi connectivity index (χ4v) is 6.66. The van der Waals surface area contributed by atoms with E-state index in [1.807, 2.05) is 13.8 Å². The number of sulfonamides is 1. The van der Waals surface area contributed by atoms with Crippen molar-refractivity contribution in [1.29, 1.82) is 0 Å². The predicted molar refractivity (Wildman–Crippen MR) is 147 cm³/mol. The molecule has 0 aliphatic carbocycles. The van der Waals surface area contributed by atoms with Crippen molar-refractivity contribution in [2.24, 2.45) is 5.41 Å². The average Bonchev–Trinajstić information content (AvgIpc) is 2.94. The molecule has 0 saturated carbocycles. The summed E-state index contributed by atoms with van der Waals surface area (Å²) in [5.74, 6) is 0.682. The predicted octanol–water partition coefficient (Wildman–Crippen LogP) is -0.120. The first-order valence-electron chi connectivity index (χ1n) is 12.4. The summed E-state index contributed by atoms with van der Waals surface area (Å²) < 4.78 is 32.6. The van der Waals surface area contributed by atoms with E-state index in [4.69, 9.17) is 4.74 Å². The second-order valence-corrected chi connectivity index (χ2v) is 14.3. The molecule has 0 radical (unpaired) electrons. The van der Waals surface area contributed by atoms with Crippen molar-refractivity contribution in [3.05, 3.63) is 58.1 Å². The molecule has 0 spiro atoms. The zero-order chi connectivity index (χ0) is 27.6. The van der Waals surface area contributed by atoms with E-state index in [1.54, 1.807) is 22.8 Å². The molecule has 1 aliphatic rings. The van der Waals surface area contributed by atoms with Gasteiger partial charge in [-0.15, -0.1) is 0 Å². The first-order valence-corrected chi connectivity index (χ1v) is 14.9.